The standard InChI is InChI=1S/C14H15BrClNO/c1-2-8-17-13(11-7-9-18-14(11)15)10-5-3-4-6-12(10)16/h3-7,9,13,17H,2,8H2,1H3. The zero-order valence-electron chi connectivity index (χ0n) is 10.1. The molecule has 0 aliphatic heterocycles. The molecule has 0 spiro atoms. The summed E-state index contributed by atoms with van der Waals surface area (Å²) >= 11 is 9.71. The first-order valence-corrected chi connectivity index (χ1v) is 7.11. The van der Waals surface area contributed by atoms with E-state index in [0.29, 0.717) is 0 Å². The Bertz CT molecular complexity index is 512. The summed E-state index contributed by atoms with van der Waals surface area (Å²) in [6, 6.07) is 9.89. The van der Waals surface area contributed by atoms with Crippen LogP contribution in [-0.2, 0) is 0 Å². The predicted octanol–water partition coefficient (Wildman–Crippen LogP) is 4.78. The maximum atomic E-state index is 6.28. The Balaban J connectivity index is 2.37. The van der Waals surface area contributed by atoms with Crippen LogP contribution in [0, 0.1) is 0 Å². The molecule has 0 aliphatic rings. The average Bonchev–Trinajstić information content (AvgIpc) is 2.78. The molecule has 1 unspecified atom stereocenters. The number of furan rings is 1. The summed E-state index contributed by atoms with van der Waals surface area (Å²) in [5.74, 6) is 0. The smallest absolute Gasteiger partial charge is 0.174 e. The van der Waals surface area contributed by atoms with Crippen LogP contribution >= 0.6 is 27.5 Å². The molecule has 1 heterocycles. The second kappa shape index (κ2) is 6.41. The summed E-state index contributed by atoms with van der Waals surface area (Å²) in [6.07, 6.45) is 2.74. The number of hydrogen-bond donors (Lipinski definition) is 1. The van der Waals surface area contributed by atoms with Crippen LogP contribution in [0.1, 0.15) is 30.5 Å². The Morgan fingerprint density at radius 2 is 2.06 bits per heavy atom. The van der Waals surface area contributed by atoms with Crippen molar-refractivity contribution in [3.8, 4) is 0 Å². The van der Waals surface area contributed by atoms with Crippen LogP contribution in [-0.4, -0.2) is 6.54 Å². The lowest BCUT2D eigenvalue weighted by molar-refractivity contribution is 0.523. The van der Waals surface area contributed by atoms with E-state index in [1.165, 1.54) is 0 Å². The first kappa shape index (κ1) is 13.7. The van der Waals surface area contributed by atoms with Gasteiger partial charge < -0.3 is 9.73 Å². The number of hydrogen-bond acceptors (Lipinski definition) is 2. The summed E-state index contributed by atoms with van der Waals surface area (Å²) in [5, 5.41) is 4.26. The molecule has 4 heteroatoms. The van der Waals surface area contributed by atoms with Gasteiger partial charge in [-0.15, -0.1) is 0 Å². The maximum Gasteiger partial charge on any atom is 0.174 e. The molecule has 1 N–H and O–H groups in total. The van der Waals surface area contributed by atoms with Gasteiger partial charge in [-0.1, -0.05) is 36.7 Å². The van der Waals surface area contributed by atoms with Crippen LogP contribution in [0.5, 0.6) is 0 Å². The molecule has 96 valence electrons. The lowest BCUT2D eigenvalue weighted by atomic mass is 10.0. The average molecular weight is 329 g/mol. The van der Waals surface area contributed by atoms with Gasteiger partial charge in [0.05, 0.1) is 12.3 Å². The van der Waals surface area contributed by atoms with Crippen molar-refractivity contribution in [3.63, 3.8) is 0 Å². The Morgan fingerprint density at radius 3 is 2.67 bits per heavy atom. The van der Waals surface area contributed by atoms with Crippen LogP contribution in [0.25, 0.3) is 0 Å². The second-order valence-electron chi connectivity index (χ2n) is 4.06. The fourth-order valence-corrected chi connectivity index (χ4v) is 2.61. The van der Waals surface area contributed by atoms with Crippen molar-refractivity contribution in [2.45, 2.75) is 19.4 Å². The summed E-state index contributed by atoms with van der Waals surface area (Å²) < 4.78 is 6.07. The van der Waals surface area contributed by atoms with Crippen LogP contribution in [0.2, 0.25) is 5.02 Å². The number of benzene rings is 1. The van der Waals surface area contributed by atoms with Crippen LogP contribution in [0.4, 0.5) is 0 Å². The molecule has 0 amide bonds. The first-order chi connectivity index (χ1) is 8.74. The van der Waals surface area contributed by atoms with E-state index in [1.807, 2.05) is 30.3 Å². The van der Waals surface area contributed by atoms with Gasteiger partial charge in [0.2, 0.25) is 0 Å². The van der Waals surface area contributed by atoms with Crippen molar-refractivity contribution in [2.24, 2.45) is 0 Å². The molecule has 2 nitrogen and oxygen atoms in total. The molecule has 2 aromatic rings. The molecule has 0 bridgehead atoms. The Kier molecular flexibility index (Phi) is 4.87. The minimum atomic E-state index is 0.0479. The number of rotatable bonds is 5. The van der Waals surface area contributed by atoms with Crippen molar-refractivity contribution >= 4 is 27.5 Å². The molecule has 0 saturated carbocycles. The van der Waals surface area contributed by atoms with Gasteiger partial charge in [0.1, 0.15) is 0 Å². The molecule has 1 aromatic carbocycles. The molecule has 18 heavy (non-hydrogen) atoms. The predicted molar refractivity (Wildman–Crippen MR) is 78.0 cm³/mol. The Morgan fingerprint density at radius 1 is 1.28 bits per heavy atom. The molecule has 0 fully saturated rings. The van der Waals surface area contributed by atoms with Gasteiger partial charge in [-0.2, -0.15) is 0 Å². The van der Waals surface area contributed by atoms with E-state index >= 15 is 0 Å². The highest BCUT2D eigenvalue weighted by molar-refractivity contribution is 9.10. The molecule has 2 rings (SSSR count). The summed E-state index contributed by atoms with van der Waals surface area (Å²) in [4.78, 5) is 0. The van der Waals surface area contributed by atoms with Crippen molar-refractivity contribution in [3.05, 3.63) is 57.4 Å². The SMILES string of the molecule is CCCNC(c1ccccc1Cl)c1ccoc1Br. The van der Waals surface area contributed by atoms with Crippen LogP contribution < -0.4 is 5.32 Å². The van der Waals surface area contributed by atoms with E-state index < -0.39 is 0 Å². The van der Waals surface area contributed by atoms with Gasteiger partial charge >= 0.3 is 0 Å². The van der Waals surface area contributed by atoms with Crippen molar-refractivity contribution in [2.75, 3.05) is 6.54 Å². The fraction of sp³-hybridized carbons (Fsp3) is 0.286. The van der Waals surface area contributed by atoms with Crippen molar-refractivity contribution in [1.82, 2.24) is 5.32 Å². The quantitative estimate of drug-likeness (QED) is 0.854. The lowest BCUT2D eigenvalue weighted by Crippen LogP contribution is -2.23. The van der Waals surface area contributed by atoms with Gasteiger partial charge in [0.25, 0.3) is 0 Å². The lowest BCUT2D eigenvalue weighted by Gasteiger charge is -2.19. The summed E-state index contributed by atoms with van der Waals surface area (Å²) in [5.41, 5.74) is 2.13. The highest BCUT2D eigenvalue weighted by Crippen LogP contribution is 2.32. The van der Waals surface area contributed by atoms with Gasteiger partial charge in [-0.3, -0.25) is 0 Å². The third kappa shape index (κ3) is 2.97. The van der Waals surface area contributed by atoms with E-state index in [4.69, 9.17) is 16.0 Å². The Labute approximate surface area is 120 Å². The Hall–Kier alpha value is -0.770. The van der Waals surface area contributed by atoms with Crippen LogP contribution in [0.3, 0.4) is 0 Å². The molecule has 0 aliphatic carbocycles. The van der Waals surface area contributed by atoms with Crippen LogP contribution in [0.15, 0.2) is 45.7 Å². The topological polar surface area (TPSA) is 25.2 Å². The minimum Gasteiger partial charge on any atom is -0.457 e. The fourth-order valence-electron chi connectivity index (χ4n) is 1.90. The largest absolute Gasteiger partial charge is 0.457 e. The molecule has 0 saturated heterocycles. The minimum absolute atomic E-state index is 0.0479. The zero-order valence-corrected chi connectivity index (χ0v) is 12.5. The summed E-state index contributed by atoms with van der Waals surface area (Å²) in [7, 11) is 0. The first-order valence-electron chi connectivity index (χ1n) is 5.94. The van der Waals surface area contributed by atoms with E-state index in [2.05, 4.69) is 28.2 Å². The van der Waals surface area contributed by atoms with Gasteiger partial charge in [-0.25, -0.2) is 0 Å². The molecule has 0 radical (unpaired) electrons. The van der Waals surface area contributed by atoms with Gasteiger partial charge in [-0.05, 0) is 46.6 Å². The number of halogens is 2. The van der Waals surface area contributed by atoms with Crippen molar-refractivity contribution < 1.29 is 4.42 Å². The third-order valence-electron chi connectivity index (χ3n) is 2.77. The maximum absolute atomic E-state index is 6.28. The highest BCUT2D eigenvalue weighted by atomic mass is 79.9. The monoisotopic (exact) mass is 327 g/mol. The van der Waals surface area contributed by atoms with Gasteiger partial charge in [0.15, 0.2) is 4.67 Å². The van der Waals surface area contributed by atoms with E-state index in [-0.39, 0.29) is 6.04 Å². The molecular formula is C14H15BrClNO. The molecule has 1 atom stereocenters. The third-order valence-corrected chi connectivity index (χ3v) is 3.76. The molecule has 1 aromatic heterocycles. The number of nitrogens with one attached hydrogen (secondary N) is 1. The van der Waals surface area contributed by atoms with Crippen molar-refractivity contribution in [1.29, 1.82) is 0 Å². The van der Waals surface area contributed by atoms with Gasteiger partial charge in [0, 0.05) is 10.6 Å². The van der Waals surface area contributed by atoms with E-state index in [9.17, 15) is 0 Å². The summed E-state index contributed by atoms with van der Waals surface area (Å²) in [6.45, 7) is 3.06. The van der Waals surface area contributed by atoms with E-state index in [1.54, 1.807) is 6.26 Å². The molecular weight excluding hydrogens is 314 g/mol. The highest BCUT2D eigenvalue weighted by Gasteiger charge is 2.20. The normalized spacial score (nSPS) is 12.6. The zero-order chi connectivity index (χ0) is 13.0. The van der Waals surface area contributed by atoms with E-state index in [0.717, 1.165) is 33.8 Å². The second-order valence-corrected chi connectivity index (χ2v) is 5.19.